The first-order valence-corrected chi connectivity index (χ1v) is 11.0. The molecule has 2 aromatic rings. The average molecular weight is 470 g/mol. The molecule has 0 bridgehead atoms. The van der Waals surface area contributed by atoms with Gasteiger partial charge < -0.3 is 15.2 Å². The maximum absolute atomic E-state index is 14.0. The predicted octanol–water partition coefficient (Wildman–Crippen LogP) is 4.54. The Bertz CT molecular complexity index is 1240. The summed E-state index contributed by atoms with van der Waals surface area (Å²) in [6, 6.07) is 5.84. The fraction of sp³-hybridized carbons (Fsp3) is 0.440. The second-order valence-electron chi connectivity index (χ2n) is 8.90. The molecule has 1 fully saturated rings. The lowest BCUT2D eigenvalue weighted by molar-refractivity contribution is -0.137. The van der Waals surface area contributed by atoms with E-state index in [-0.39, 0.29) is 40.3 Å². The molecular weight excluding hydrogens is 445 g/mol. The number of nitriles is 1. The first-order valence-electron chi connectivity index (χ1n) is 11.0. The van der Waals surface area contributed by atoms with Crippen LogP contribution >= 0.6 is 0 Å². The number of nitrogens with two attached hydrogens (primary N) is 1. The van der Waals surface area contributed by atoms with Crippen molar-refractivity contribution in [3.05, 3.63) is 57.6 Å². The van der Waals surface area contributed by atoms with E-state index < -0.39 is 17.2 Å². The molecule has 178 valence electrons. The number of nitrogens with one attached hydrogen (secondary N) is 1. The molecule has 4 rings (SSSR count). The number of benzene rings is 1. The molecule has 0 radical (unpaired) electrons. The molecule has 9 heteroatoms. The summed E-state index contributed by atoms with van der Waals surface area (Å²) >= 11 is 0. The highest BCUT2D eigenvalue weighted by atomic mass is 19.4. The number of aromatic amines is 1. The van der Waals surface area contributed by atoms with E-state index in [0.717, 1.165) is 25.0 Å². The largest absolute Gasteiger partial charge is 0.420 e. The molecule has 2 aliphatic rings. The molecule has 34 heavy (non-hydrogen) atoms. The van der Waals surface area contributed by atoms with Crippen LogP contribution in [0.15, 0.2) is 29.7 Å². The van der Waals surface area contributed by atoms with E-state index in [9.17, 15) is 18.4 Å². The molecule has 0 spiro atoms. The molecule has 1 atom stereocenters. The zero-order chi connectivity index (χ0) is 24.7. The molecule has 0 saturated carbocycles. The van der Waals surface area contributed by atoms with Gasteiger partial charge in [-0.3, -0.25) is 5.10 Å². The van der Waals surface area contributed by atoms with Crippen LogP contribution in [0.1, 0.15) is 54.6 Å². The van der Waals surface area contributed by atoms with E-state index in [1.54, 1.807) is 13.0 Å². The number of nitrogens with zero attached hydrogens (tertiary/aromatic N) is 2. The summed E-state index contributed by atoms with van der Waals surface area (Å²) in [4.78, 5) is 0. The minimum Gasteiger partial charge on any atom is -0.420 e. The van der Waals surface area contributed by atoms with Crippen LogP contribution in [0.5, 0.6) is 5.88 Å². The van der Waals surface area contributed by atoms with Crippen LogP contribution in [0.3, 0.4) is 0 Å². The number of aryl methyl sites for hydroxylation is 1. The van der Waals surface area contributed by atoms with Crippen molar-refractivity contribution >= 4 is 0 Å². The van der Waals surface area contributed by atoms with E-state index >= 15 is 0 Å². The van der Waals surface area contributed by atoms with Gasteiger partial charge in [0.1, 0.15) is 11.6 Å². The van der Waals surface area contributed by atoms with Crippen molar-refractivity contribution in [1.82, 2.24) is 10.2 Å². The zero-order valence-electron chi connectivity index (χ0n) is 19.1. The van der Waals surface area contributed by atoms with Crippen molar-refractivity contribution in [2.24, 2.45) is 17.6 Å². The Morgan fingerprint density at radius 1 is 1.24 bits per heavy atom. The highest BCUT2D eigenvalue weighted by Gasteiger charge is 2.51. The number of allylic oxidation sites excluding steroid dienone is 1. The van der Waals surface area contributed by atoms with Gasteiger partial charge in [-0.2, -0.15) is 18.4 Å². The Morgan fingerprint density at radius 3 is 2.56 bits per heavy atom. The molecule has 3 heterocycles. The monoisotopic (exact) mass is 470 g/mol. The topological polar surface area (TPSA) is 97.0 Å². The molecule has 2 aliphatic heterocycles. The predicted molar refractivity (Wildman–Crippen MR) is 118 cm³/mol. The second kappa shape index (κ2) is 8.73. The maximum atomic E-state index is 14.0. The normalized spacial score (nSPS) is 20.9. The van der Waals surface area contributed by atoms with Gasteiger partial charge >= 0.3 is 6.18 Å². The summed E-state index contributed by atoms with van der Waals surface area (Å²) in [6.07, 6.45) is -3.13. The van der Waals surface area contributed by atoms with Crippen LogP contribution in [0.4, 0.5) is 13.2 Å². The van der Waals surface area contributed by atoms with Crippen LogP contribution < -0.4 is 10.5 Å². The van der Waals surface area contributed by atoms with Gasteiger partial charge in [-0.15, -0.1) is 5.10 Å². The SMILES string of the molecule is Cc1[nH]nc2c1C(c1cc(C#CC3CCOCC3)cc(C(F)(F)F)c1)(C(C)C)C(C#N)=C(N)O2. The second-order valence-corrected chi connectivity index (χ2v) is 8.90. The van der Waals surface area contributed by atoms with Gasteiger partial charge in [0.05, 0.1) is 16.5 Å². The minimum atomic E-state index is -4.61. The van der Waals surface area contributed by atoms with E-state index in [2.05, 4.69) is 28.1 Å². The summed E-state index contributed by atoms with van der Waals surface area (Å²) < 4.78 is 52.9. The summed E-state index contributed by atoms with van der Waals surface area (Å²) in [5.74, 6) is 5.72. The van der Waals surface area contributed by atoms with Crippen molar-refractivity contribution in [2.45, 2.75) is 45.2 Å². The molecule has 6 nitrogen and oxygen atoms in total. The fourth-order valence-corrected chi connectivity index (χ4v) is 4.88. The van der Waals surface area contributed by atoms with Crippen molar-refractivity contribution in [1.29, 1.82) is 5.26 Å². The number of aromatic nitrogens is 2. The van der Waals surface area contributed by atoms with Crippen LogP contribution in [-0.2, 0) is 16.3 Å². The third-order valence-corrected chi connectivity index (χ3v) is 6.49. The van der Waals surface area contributed by atoms with E-state index in [0.29, 0.717) is 24.5 Å². The Morgan fingerprint density at radius 2 is 1.94 bits per heavy atom. The van der Waals surface area contributed by atoms with E-state index in [4.69, 9.17) is 15.2 Å². The first-order chi connectivity index (χ1) is 16.1. The maximum Gasteiger partial charge on any atom is 0.416 e. The quantitative estimate of drug-likeness (QED) is 0.628. The van der Waals surface area contributed by atoms with Crippen molar-refractivity contribution in [3.63, 3.8) is 0 Å². The molecule has 3 N–H and O–H groups in total. The van der Waals surface area contributed by atoms with Gasteiger partial charge in [0, 0.05) is 30.4 Å². The average Bonchev–Trinajstić information content (AvgIpc) is 3.16. The standard InChI is InChI=1S/C25H25F3N4O2/c1-14(2)24(20(13-29)22(30)34-23-21(24)15(3)31-32-23)18-10-17(11-19(12-18)25(26,27)28)5-4-16-6-8-33-9-7-16/h10-12,14,16H,6-9,30H2,1-3H3,(H,31,32). The Hall–Kier alpha value is -3.43. The molecular formula is C25H25F3N4O2. The van der Waals surface area contributed by atoms with Gasteiger partial charge in [-0.25, -0.2) is 0 Å². The first kappa shape index (κ1) is 23.7. The third-order valence-electron chi connectivity index (χ3n) is 6.49. The third kappa shape index (κ3) is 3.91. The van der Waals surface area contributed by atoms with Crippen molar-refractivity contribution < 1.29 is 22.6 Å². The van der Waals surface area contributed by atoms with Crippen molar-refractivity contribution in [2.75, 3.05) is 13.2 Å². The highest BCUT2D eigenvalue weighted by molar-refractivity contribution is 5.63. The van der Waals surface area contributed by atoms with Crippen LogP contribution in [0.25, 0.3) is 0 Å². The lowest BCUT2D eigenvalue weighted by Crippen LogP contribution is -2.41. The van der Waals surface area contributed by atoms with Gasteiger partial charge in [-0.05, 0) is 49.4 Å². The lowest BCUT2D eigenvalue weighted by Gasteiger charge is -2.41. The number of halogens is 3. The summed E-state index contributed by atoms with van der Waals surface area (Å²) in [7, 11) is 0. The molecule has 1 aromatic carbocycles. The highest BCUT2D eigenvalue weighted by Crippen LogP contribution is 2.53. The fourth-order valence-electron chi connectivity index (χ4n) is 4.88. The number of fused-ring (bicyclic) bond motifs is 1. The summed E-state index contributed by atoms with van der Waals surface area (Å²) in [5, 5.41) is 17.0. The molecule has 1 saturated heterocycles. The Kier molecular flexibility index (Phi) is 6.09. The molecule has 0 amide bonds. The molecule has 1 unspecified atom stereocenters. The molecule has 1 aromatic heterocycles. The zero-order valence-corrected chi connectivity index (χ0v) is 19.1. The van der Waals surface area contributed by atoms with Gasteiger partial charge in [-0.1, -0.05) is 25.7 Å². The van der Waals surface area contributed by atoms with E-state index in [1.807, 2.05) is 13.8 Å². The van der Waals surface area contributed by atoms with E-state index in [1.165, 1.54) is 0 Å². The van der Waals surface area contributed by atoms with Crippen LogP contribution in [0.2, 0.25) is 0 Å². The number of alkyl halides is 3. The van der Waals surface area contributed by atoms with Crippen molar-refractivity contribution in [3.8, 4) is 23.8 Å². The number of hydrogen-bond acceptors (Lipinski definition) is 5. The Labute approximate surface area is 195 Å². The molecule has 0 aliphatic carbocycles. The van der Waals surface area contributed by atoms with Crippen LogP contribution in [-0.4, -0.2) is 23.4 Å². The van der Waals surface area contributed by atoms with Gasteiger partial charge in [0.2, 0.25) is 11.8 Å². The number of H-pyrrole nitrogens is 1. The number of ether oxygens (including phenoxy) is 2. The van der Waals surface area contributed by atoms with Gasteiger partial charge in [0.15, 0.2) is 0 Å². The lowest BCUT2D eigenvalue weighted by atomic mass is 9.61. The summed E-state index contributed by atoms with van der Waals surface area (Å²) in [6.45, 7) is 6.57. The Balaban J connectivity index is 2.00. The van der Waals surface area contributed by atoms with Gasteiger partial charge in [0.25, 0.3) is 0 Å². The minimum absolute atomic E-state index is 0.0437. The number of rotatable bonds is 2. The summed E-state index contributed by atoms with van der Waals surface area (Å²) in [5.41, 5.74) is 5.56. The van der Waals surface area contributed by atoms with Crippen LogP contribution in [0, 0.1) is 41.9 Å². The smallest absolute Gasteiger partial charge is 0.416 e. The number of hydrogen-bond donors (Lipinski definition) is 2.